The lowest BCUT2D eigenvalue weighted by atomic mass is 9.96. The molecule has 17 unspecified atom stereocenters. The molecule has 0 saturated carbocycles. The van der Waals surface area contributed by atoms with E-state index >= 15 is 0 Å². The summed E-state index contributed by atoms with van der Waals surface area (Å²) in [5, 5.41) is 121. The van der Waals surface area contributed by atoms with Gasteiger partial charge in [-0.2, -0.15) is 0 Å². The number of hydrogen-bond acceptors (Lipinski definition) is 18. The van der Waals surface area contributed by atoms with E-state index in [1.54, 1.807) is 6.08 Å². The number of carbonyl (C=O) groups is 1. The fraction of sp³-hybridized carbons (Fsp3) is 0.884. The van der Waals surface area contributed by atoms with Crippen molar-refractivity contribution < 1.29 is 89.4 Å². The van der Waals surface area contributed by atoms with E-state index in [-0.39, 0.29) is 18.9 Å². The van der Waals surface area contributed by atoms with Crippen molar-refractivity contribution in [2.45, 2.75) is 510 Å². The van der Waals surface area contributed by atoms with Gasteiger partial charge in [0.05, 0.1) is 38.6 Å². The summed E-state index contributed by atoms with van der Waals surface area (Å²) in [6.07, 6.45) is 72.5. The highest BCUT2D eigenvalue weighted by atomic mass is 16.8. The molecule has 3 heterocycles. The van der Waals surface area contributed by atoms with Gasteiger partial charge in [-0.25, -0.2) is 0 Å². The summed E-state index contributed by atoms with van der Waals surface area (Å²) < 4.78 is 34.5. The summed E-state index contributed by atoms with van der Waals surface area (Å²) in [7, 11) is 0. The molecule has 0 bridgehead atoms. The molecule has 12 N–H and O–H groups in total. The first-order valence-corrected chi connectivity index (χ1v) is 47.5. The number of aliphatic hydroxyl groups excluding tert-OH is 11. The molecule has 3 aliphatic heterocycles. The van der Waals surface area contributed by atoms with Crippen molar-refractivity contribution in [3.8, 4) is 0 Å². The molecule has 3 aliphatic rings. The standard InChI is InChI=1S/C95H175NO18/c1-3-5-7-9-11-13-15-17-19-21-23-25-27-29-31-33-35-37-38-39-40-41-43-45-47-49-51-53-55-57-59-61-63-65-67-69-71-73-83(101)96-78(79(100)72-70-68-66-64-62-60-58-56-54-52-50-48-46-44-42-36-34-32-30-28-26-24-22-20-18-16-14-12-10-8-6-4-2)77-109-93-89(107)86(104)91(81(75-98)111-93)114-95-90(108)87(105)92(82(76-99)112-95)113-94-88(106)85(103)84(102)80(74-97)110-94/h15,17,21,23,27,29,62,64,70,72,78-82,84-95,97-100,102-108H,3-14,16,18-20,22,24-26,28,30-61,63,65-69,71,73-77H2,1-2H3,(H,96,101)/b17-15-,23-21-,29-27-,64-62+,72-70+. The van der Waals surface area contributed by atoms with Gasteiger partial charge in [0.1, 0.15) is 73.2 Å². The minimum Gasteiger partial charge on any atom is -0.394 e. The monoisotopic (exact) mass is 1620 g/mol. The number of allylic oxidation sites excluding steroid dienone is 9. The summed E-state index contributed by atoms with van der Waals surface area (Å²) in [6, 6.07) is -0.993. The predicted molar refractivity (Wildman–Crippen MR) is 462 cm³/mol. The molecular formula is C95H175NO18. The molecular weight excluding hydrogens is 1440 g/mol. The van der Waals surface area contributed by atoms with Crippen molar-refractivity contribution >= 4 is 5.91 Å². The highest BCUT2D eigenvalue weighted by Crippen LogP contribution is 2.34. The van der Waals surface area contributed by atoms with E-state index in [9.17, 15) is 61.0 Å². The van der Waals surface area contributed by atoms with Gasteiger partial charge in [-0.15, -0.1) is 0 Å². The summed E-state index contributed by atoms with van der Waals surface area (Å²) >= 11 is 0. The average Bonchev–Trinajstić information content (AvgIpc) is 0.777. The lowest BCUT2D eigenvalue weighted by Gasteiger charge is -2.48. The Hall–Kier alpha value is -2.51. The van der Waals surface area contributed by atoms with Crippen molar-refractivity contribution in [2.24, 2.45) is 0 Å². The smallest absolute Gasteiger partial charge is 0.220 e. The summed E-state index contributed by atoms with van der Waals surface area (Å²) in [4.78, 5) is 13.5. The third-order valence-corrected chi connectivity index (χ3v) is 23.5. The Balaban J connectivity index is 1.31. The predicted octanol–water partition coefficient (Wildman–Crippen LogP) is 18.9. The van der Waals surface area contributed by atoms with Crippen LogP contribution < -0.4 is 5.32 Å². The number of ether oxygens (including phenoxy) is 6. The number of nitrogens with one attached hydrogen (secondary N) is 1. The lowest BCUT2D eigenvalue weighted by molar-refractivity contribution is -0.379. The lowest BCUT2D eigenvalue weighted by Crippen LogP contribution is -2.66. The first kappa shape index (κ1) is 106. The van der Waals surface area contributed by atoms with Crippen molar-refractivity contribution in [1.82, 2.24) is 5.32 Å². The zero-order valence-corrected chi connectivity index (χ0v) is 72.3. The molecule has 17 atom stereocenters. The third-order valence-electron chi connectivity index (χ3n) is 23.5. The highest BCUT2D eigenvalue weighted by molar-refractivity contribution is 5.76. The second-order valence-corrected chi connectivity index (χ2v) is 33.8. The maximum Gasteiger partial charge on any atom is 0.220 e. The number of unbranched alkanes of at least 4 members (excludes halogenated alkanes) is 54. The van der Waals surface area contributed by atoms with Crippen LogP contribution in [-0.2, 0) is 33.2 Å². The molecule has 668 valence electrons. The van der Waals surface area contributed by atoms with E-state index in [4.69, 9.17) is 28.4 Å². The molecule has 1 amide bonds. The maximum absolute atomic E-state index is 13.5. The summed E-state index contributed by atoms with van der Waals surface area (Å²) in [5.74, 6) is -0.278. The van der Waals surface area contributed by atoms with Crippen LogP contribution in [0.3, 0.4) is 0 Å². The van der Waals surface area contributed by atoms with Crippen LogP contribution in [0.5, 0.6) is 0 Å². The van der Waals surface area contributed by atoms with Gasteiger partial charge in [-0.05, 0) is 70.6 Å². The van der Waals surface area contributed by atoms with Gasteiger partial charge in [-0.3, -0.25) is 4.79 Å². The second kappa shape index (κ2) is 74.3. The molecule has 3 saturated heterocycles. The highest BCUT2D eigenvalue weighted by Gasteiger charge is 2.54. The first-order valence-electron chi connectivity index (χ1n) is 47.5. The normalized spacial score (nSPS) is 24.9. The number of carbonyl (C=O) groups excluding carboxylic acids is 1. The summed E-state index contributed by atoms with van der Waals surface area (Å²) in [6.45, 7) is 1.77. The van der Waals surface area contributed by atoms with Crippen LogP contribution in [0, 0.1) is 0 Å². The largest absolute Gasteiger partial charge is 0.394 e. The van der Waals surface area contributed by atoms with Gasteiger partial charge in [0.2, 0.25) is 5.91 Å². The van der Waals surface area contributed by atoms with Crippen LogP contribution in [0.4, 0.5) is 0 Å². The average molecular weight is 1620 g/mol. The molecule has 0 aliphatic carbocycles. The molecule has 3 rings (SSSR count). The SMILES string of the molecule is CCCCCCC/C=C\C/C=C\C/C=C\CCCCCCCCCCCCCCCCCCCCCCCCC(=O)NC(COC1OC(CO)C(OC2OC(CO)C(OC3OC(CO)C(O)C(O)C3O)C(O)C2O)C(O)C1O)C(O)/C=C/CC/C=C/CCCCCCCCCCCCCCCCCCCCCCCCCCCC. The van der Waals surface area contributed by atoms with Crippen LogP contribution in [-0.4, -0.2) is 193 Å². The van der Waals surface area contributed by atoms with Crippen LogP contribution in [0.1, 0.15) is 406 Å². The Labute approximate surface area is 694 Å². The zero-order valence-electron chi connectivity index (χ0n) is 72.3. The molecule has 114 heavy (non-hydrogen) atoms. The van der Waals surface area contributed by atoms with E-state index in [2.05, 4.69) is 67.8 Å². The fourth-order valence-electron chi connectivity index (χ4n) is 16.0. The number of rotatable bonds is 78. The van der Waals surface area contributed by atoms with Crippen molar-refractivity contribution in [1.29, 1.82) is 0 Å². The molecule has 0 radical (unpaired) electrons. The fourth-order valence-corrected chi connectivity index (χ4v) is 16.0. The first-order chi connectivity index (χ1) is 55.8. The Morgan fingerprint density at radius 3 is 0.939 bits per heavy atom. The van der Waals surface area contributed by atoms with Gasteiger partial charge >= 0.3 is 0 Å². The van der Waals surface area contributed by atoms with E-state index < -0.39 is 124 Å². The van der Waals surface area contributed by atoms with Gasteiger partial charge in [0.25, 0.3) is 0 Å². The van der Waals surface area contributed by atoms with Crippen LogP contribution in [0.25, 0.3) is 0 Å². The van der Waals surface area contributed by atoms with Crippen LogP contribution in [0.15, 0.2) is 60.8 Å². The van der Waals surface area contributed by atoms with Gasteiger partial charge in [-0.1, -0.05) is 389 Å². The Morgan fingerprint density at radius 1 is 0.316 bits per heavy atom. The van der Waals surface area contributed by atoms with Crippen molar-refractivity contribution in [3.63, 3.8) is 0 Å². The Morgan fingerprint density at radius 2 is 0.588 bits per heavy atom. The van der Waals surface area contributed by atoms with Crippen molar-refractivity contribution in [2.75, 3.05) is 26.4 Å². The van der Waals surface area contributed by atoms with Crippen LogP contribution in [0.2, 0.25) is 0 Å². The Bertz CT molecular complexity index is 2290. The topological polar surface area (TPSA) is 307 Å². The summed E-state index contributed by atoms with van der Waals surface area (Å²) in [5.41, 5.74) is 0. The zero-order chi connectivity index (χ0) is 82.4. The minimum absolute atomic E-state index is 0.238. The molecule has 19 nitrogen and oxygen atoms in total. The third kappa shape index (κ3) is 52.0. The van der Waals surface area contributed by atoms with Gasteiger partial charge in [0.15, 0.2) is 18.9 Å². The Kier molecular flexibility index (Phi) is 68.9. The molecule has 0 aromatic heterocycles. The van der Waals surface area contributed by atoms with Crippen molar-refractivity contribution in [3.05, 3.63) is 60.8 Å². The number of hydrogen-bond donors (Lipinski definition) is 12. The van der Waals surface area contributed by atoms with E-state index in [0.29, 0.717) is 12.8 Å². The van der Waals surface area contributed by atoms with E-state index in [1.165, 1.54) is 321 Å². The van der Waals surface area contributed by atoms with E-state index in [1.807, 2.05) is 6.08 Å². The second-order valence-electron chi connectivity index (χ2n) is 33.8. The molecule has 3 fully saturated rings. The minimum atomic E-state index is -1.98. The molecule has 0 aromatic carbocycles. The van der Waals surface area contributed by atoms with Gasteiger partial charge in [0, 0.05) is 6.42 Å². The maximum atomic E-state index is 13.5. The van der Waals surface area contributed by atoms with Crippen LogP contribution >= 0.6 is 0 Å². The molecule has 0 aromatic rings. The number of amides is 1. The molecule has 0 spiro atoms. The quantitative estimate of drug-likeness (QED) is 0.0199. The molecule has 19 heteroatoms. The van der Waals surface area contributed by atoms with E-state index in [0.717, 1.165) is 51.4 Å². The number of aliphatic hydroxyl groups is 11. The van der Waals surface area contributed by atoms with Gasteiger partial charge < -0.3 is 89.9 Å².